The summed E-state index contributed by atoms with van der Waals surface area (Å²) < 4.78 is 0. The Balaban J connectivity index is 1.74. The van der Waals surface area contributed by atoms with Gasteiger partial charge in [0, 0.05) is 0 Å². The van der Waals surface area contributed by atoms with Crippen LogP contribution in [0, 0.1) is 5.92 Å². The van der Waals surface area contributed by atoms with Crippen molar-refractivity contribution in [1.82, 2.24) is 0 Å². The van der Waals surface area contributed by atoms with E-state index in [4.69, 9.17) is 0 Å². The first-order chi connectivity index (χ1) is 11.6. The molecule has 3 heteroatoms. The van der Waals surface area contributed by atoms with Crippen molar-refractivity contribution in [3.8, 4) is 0 Å². The van der Waals surface area contributed by atoms with Crippen LogP contribution in [0.5, 0.6) is 0 Å². The molecule has 2 aliphatic carbocycles. The van der Waals surface area contributed by atoms with Crippen molar-refractivity contribution in [3.63, 3.8) is 0 Å². The molecule has 2 saturated carbocycles. The van der Waals surface area contributed by atoms with Crippen LogP contribution in [-0.2, 0) is 0 Å². The largest absolute Gasteiger partial charge is 0.390 e. The molecule has 0 heterocycles. The van der Waals surface area contributed by atoms with E-state index >= 15 is 0 Å². The van der Waals surface area contributed by atoms with Gasteiger partial charge in [0.05, 0.1) is 12.2 Å². The van der Waals surface area contributed by atoms with Gasteiger partial charge < -0.3 is 15.3 Å². The summed E-state index contributed by atoms with van der Waals surface area (Å²) in [6.07, 6.45) is 5.92. The maximum atomic E-state index is 9.83. The van der Waals surface area contributed by atoms with Crippen LogP contribution in [0.15, 0.2) is 53.6 Å². The van der Waals surface area contributed by atoms with E-state index in [1.807, 2.05) is 0 Å². The molecule has 24 heavy (non-hydrogen) atoms. The lowest BCUT2D eigenvalue weighted by molar-refractivity contribution is -0.0713. The Labute approximate surface area is 144 Å². The Bertz CT molecular complexity index is 591. The van der Waals surface area contributed by atoms with Gasteiger partial charge in [-0.2, -0.15) is 0 Å². The summed E-state index contributed by atoms with van der Waals surface area (Å²) in [7, 11) is 0. The van der Waals surface area contributed by atoms with Gasteiger partial charge in [0.1, 0.15) is 6.10 Å². The van der Waals surface area contributed by atoms with E-state index in [0.29, 0.717) is 24.7 Å². The van der Waals surface area contributed by atoms with Crippen LogP contribution in [0.3, 0.4) is 0 Å². The molecule has 2 fully saturated rings. The summed E-state index contributed by atoms with van der Waals surface area (Å²) in [5.74, 6) is 1.07. The molecule has 0 bridgehead atoms. The smallest absolute Gasteiger partial charge is 0.106 e. The second-order valence-corrected chi connectivity index (χ2v) is 7.30. The molecule has 1 aromatic carbocycles. The van der Waals surface area contributed by atoms with Crippen molar-refractivity contribution >= 4 is 0 Å². The second kappa shape index (κ2) is 7.64. The third-order valence-corrected chi connectivity index (χ3v) is 5.66. The fourth-order valence-corrected chi connectivity index (χ4v) is 4.13. The monoisotopic (exact) mass is 328 g/mol. The first kappa shape index (κ1) is 17.4. The second-order valence-electron chi connectivity index (χ2n) is 7.30. The molecule has 0 unspecified atom stereocenters. The van der Waals surface area contributed by atoms with Gasteiger partial charge in [0.2, 0.25) is 0 Å². The number of benzene rings is 1. The summed E-state index contributed by atoms with van der Waals surface area (Å²) in [6.45, 7) is 2.30. The van der Waals surface area contributed by atoms with E-state index in [2.05, 4.69) is 49.4 Å². The summed E-state index contributed by atoms with van der Waals surface area (Å²) >= 11 is 0. The Morgan fingerprint density at radius 2 is 1.62 bits per heavy atom. The maximum Gasteiger partial charge on any atom is 0.106 e. The summed E-state index contributed by atoms with van der Waals surface area (Å²) in [4.78, 5) is 0. The van der Waals surface area contributed by atoms with Gasteiger partial charge >= 0.3 is 0 Å². The zero-order chi connectivity index (χ0) is 17.1. The number of hydrogen-bond acceptors (Lipinski definition) is 3. The predicted molar refractivity (Wildman–Crippen MR) is 95.6 cm³/mol. The van der Waals surface area contributed by atoms with Crippen molar-refractivity contribution in [1.29, 1.82) is 0 Å². The van der Waals surface area contributed by atoms with Crippen LogP contribution in [0.2, 0.25) is 0 Å². The van der Waals surface area contributed by atoms with E-state index in [1.165, 1.54) is 24.0 Å². The molecule has 130 valence electrons. The average Bonchev–Trinajstić information content (AvgIpc) is 2.59. The molecule has 0 amide bonds. The van der Waals surface area contributed by atoms with Crippen LogP contribution >= 0.6 is 0 Å². The quantitative estimate of drug-likeness (QED) is 0.780. The maximum absolute atomic E-state index is 9.83. The molecule has 1 aromatic rings. The van der Waals surface area contributed by atoms with Crippen LogP contribution in [0.1, 0.15) is 50.5 Å². The first-order valence-electron chi connectivity index (χ1n) is 9.04. The van der Waals surface area contributed by atoms with Crippen LogP contribution in [0.4, 0.5) is 0 Å². The number of allylic oxidation sites excluding steroid dienone is 3. The summed E-state index contributed by atoms with van der Waals surface area (Å²) in [5, 5.41) is 29.3. The van der Waals surface area contributed by atoms with Crippen molar-refractivity contribution in [2.45, 2.75) is 63.3 Å². The Morgan fingerprint density at radius 3 is 2.29 bits per heavy atom. The molecule has 3 N–H and O–H groups in total. The molecule has 4 atom stereocenters. The van der Waals surface area contributed by atoms with Gasteiger partial charge in [-0.25, -0.2) is 0 Å². The molecule has 0 aromatic heterocycles. The standard InChI is InChI=1S/C21H28O3/c1-14-16(8-5-9-18(14)17-6-3-2-4-7-17)11-10-15-12-19(22)21(24)20(23)13-15/h2-4,6-7,10-11,14,18-24H,5,8-9,12-13H2,1H3/b15-10?,16-11+/t14-,18-,19+,20+,21?/m0/s1. The fraction of sp³-hybridized carbons (Fsp3) is 0.524. The third kappa shape index (κ3) is 3.80. The van der Waals surface area contributed by atoms with Crippen molar-refractivity contribution in [3.05, 3.63) is 59.2 Å². The van der Waals surface area contributed by atoms with E-state index < -0.39 is 18.3 Å². The van der Waals surface area contributed by atoms with Crippen molar-refractivity contribution in [2.75, 3.05) is 0 Å². The minimum absolute atomic E-state index is 0.443. The van der Waals surface area contributed by atoms with Gasteiger partial charge in [0.25, 0.3) is 0 Å². The Kier molecular flexibility index (Phi) is 5.54. The van der Waals surface area contributed by atoms with E-state index in [9.17, 15) is 15.3 Å². The molecule has 2 aliphatic rings. The van der Waals surface area contributed by atoms with E-state index in [-0.39, 0.29) is 0 Å². The lowest BCUT2D eigenvalue weighted by Crippen LogP contribution is -2.41. The minimum atomic E-state index is -1.02. The Morgan fingerprint density at radius 1 is 0.958 bits per heavy atom. The number of hydrogen-bond donors (Lipinski definition) is 3. The third-order valence-electron chi connectivity index (χ3n) is 5.66. The normalized spacial score (nSPS) is 35.9. The highest BCUT2D eigenvalue weighted by molar-refractivity contribution is 5.29. The molecular weight excluding hydrogens is 300 g/mol. The van der Waals surface area contributed by atoms with Gasteiger partial charge in [-0.15, -0.1) is 0 Å². The Hall–Kier alpha value is -1.42. The van der Waals surface area contributed by atoms with Gasteiger partial charge in [0.15, 0.2) is 0 Å². The number of rotatable bonds is 2. The van der Waals surface area contributed by atoms with Crippen LogP contribution < -0.4 is 0 Å². The molecular formula is C21H28O3. The minimum Gasteiger partial charge on any atom is -0.390 e. The van der Waals surface area contributed by atoms with Crippen molar-refractivity contribution in [2.24, 2.45) is 5.92 Å². The lowest BCUT2D eigenvalue weighted by atomic mass is 9.73. The summed E-state index contributed by atoms with van der Waals surface area (Å²) in [5.41, 5.74) is 3.87. The predicted octanol–water partition coefficient (Wildman–Crippen LogP) is 3.32. The van der Waals surface area contributed by atoms with Gasteiger partial charge in [-0.05, 0) is 49.5 Å². The number of aliphatic hydroxyl groups excluding tert-OH is 3. The van der Waals surface area contributed by atoms with Gasteiger partial charge in [-0.1, -0.05) is 60.6 Å². The molecule has 0 saturated heterocycles. The molecule has 0 spiro atoms. The molecule has 0 aliphatic heterocycles. The van der Waals surface area contributed by atoms with Crippen LogP contribution in [0.25, 0.3) is 0 Å². The SMILES string of the molecule is C[C@H]1/C(=C/C=C2C[C@@H](O)C(O)[C@H](O)C2)CCC[C@@H]1c1ccccc1. The van der Waals surface area contributed by atoms with Crippen LogP contribution in [-0.4, -0.2) is 33.6 Å². The highest BCUT2D eigenvalue weighted by Crippen LogP contribution is 2.40. The zero-order valence-corrected chi connectivity index (χ0v) is 14.3. The average molecular weight is 328 g/mol. The van der Waals surface area contributed by atoms with Gasteiger partial charge in [-0.3, -0.25) is 0 Å². The van der Waals surface area contributed by atoms with E-state index in [1.54, 1.807) is 0 Å². The molecule has 3 nitrogen and oxygen atoms in total. The summed E-state index contributed by atoms with van der Waals surface area (Å²) in [6, 6.07) is 10.7. The molecule has 0 radical (unpaired) electrons. The molecule has 3 rings (SSSR count). The fourth-order valence-electron chi connectivity index (χ4n) is 4.13. The topological polar surface area (TPSA) is 60.7 Å². The zero-order valence-electron chi connectivity index (χ0n) is 14.3. The number of aliphatic hydroxyl groups is 3. The highest BCUT2D eigenvalue weighted by Gasteiger charge is 2.31. The first-order valence-corrected chi connectivity index (χ1v) is 9.04. The van der Waals surface area contributed by atoms with Crippen molar-refractivity contribution < 1.29 is 15.3 Å². The lowest BCUT2D eigenvalue weighted by Gasteiger charge is -2.32. The highest BCUT2D eigenvalue weighted by atomic mass is 16.4. The van der Waals surface area contributed by atoms with E-state index in [0.717, 1.165) is 12.0 Å².